The molecular weight excluding hydrogens is 470 g/mol. The van der Waals surface area contributed by atoms with Crippen molar-refractivity contribution >= 4 is 54.4 Å². The lowest BCUT2D eigenvalue weighted by Gasteiger charge is -2.21. The minimum atomic E-state index is -3.74. The molecule has 0 atom stereocenters. The summed E-state index contributed by atoms with van der Waals surface area (Å²) in [6.45, 7) is 0.952. The fourth-order valence-corrected chi connectivity index (χ4v) is 5.90. The smallest absolute Gasteiger partial charge is 0.257 e. The van der Waals surface area contributed by atoms with Gasteiger partial charge in [0.25, 0.3) is 5.91 Å². The molecule has 1 aromatic heterocycles. The molecule has 0 saturated carbocycles. The number of benzene rings is 2. The Labute approximate surface area is 196 Å². The second kappa shape index (κ2) is 11.2. The van der Waals surface area contributed by atoms with Gasteiger partial charge in [-0.15, -0.1) is 11.8 Å². The van der Waals surface area contributed by atoms with E-state index in [4.69, 9.17) is 9.47 Å². The van der Waals surface area contributed by atoms with Crippen molar-refractivity contribution in [3.05, 3.63) is 48.0 Å². The van der Waals surface area contributed by atoms with E-state index in [0.29, 0.717) is 10.7 Å². The summed E-state index contributed by atoms with van der Waals surface area (Å²) >= 11 is 2.99. The minimum Gasteiger partial charge on any atom is -0.383 e. The van der Waals surface area contributed by atoms with Crippen LogP contribution < -0.4 is 5.32 Å². The molecule has 1 heterocycles. The quantitative estimate of drug-likeness (QED) is 0.406. The Hall–Kier alpha value is -2.02. The first-order valence-corrected chi connectivity index (χ1v) is 13.2. The van der Waals surface area contributed by atoms with E-state index in [9.17, 15) is 13.2 Å². The van der Waals surface area contributed by atoms with Crippen molar-refractivity contribution in [3.8, 4) is 0 Å². The lowest BCUT2D eigenvalue weighted by atomic mass is 10.2. The number of nitrogens with one attached hydrogen (secondary N) is 1. The number of carbonyl (C=O) groups is 1. The van der Waals surface area contributed by atoms with Crippen molar-refractivity contribution < 1.29 is 22.7 Å². The number of rotatable bonds is 11. The number of carbonyl (C=O) groups excluding carboxylic acids is 1. The van der Waals surface area contributed by atoms with Crippen molar-refractivity contribution in [2.75, 3.05) is 52.1 Å². The first-order valence-electron chi connectivity index (χ1n) is 9.73. The van der Waals surface area contributed by atoms with Gasteiger partial charge in [-0.2, -0.15) is 4.31 Å². The van der Waals surface area contributed by atoms with Crippen LogP contribution in [0.2, 0.25) is 0 Å². The highest BCUT2D eigenvalue weighted by atomic mass is 32.2. The van der Waals surface area contributed by atoms with Crippen LogP contribution in [0.15, 0.2) is 52.3 Å². The van der Waals surface area contributed by atoms with Gasteiger partial charge in [0.2, 0.25) is 10.0 Å². The van der Waals surface area contributed by atoms with Crippen LogP contribution in [0, 0.1) is 0 Å². The third-order valence-electron chi connectivity index (χ3n) is 4.67. The standard InChI is InChI=1S/C21H25N3O5S3/c1-28-13-11-24(12-14-29-2)32(26,27)16-9-7-15(8-10-16)20(25)23-21-22-19-17(30-3)5-4-6-18(19)31-21/h4-10H,11-14H2,1-3H3,(H,22,23,25). The normalized spacial score (nSPS) is 11.9. The molecule has 0 fully saturated rings. The van der Waals surface area contributed by atoms with Gasteiger partial charge in [0.1, 0.15) is 0 Å². The highest BCUT2D eigenvalue weighted by Crippen LogP contribution is 2.32. The summed E-state index contributed by atoms with van der Waals surface area (Å²) in [4.78, 5) is 18.4. The lowest BCUT2D eigenvalue weighted by Crippen LogP contribution is -2.36. The van der Waals surface area contributed by atoms with E-state index in [-0.39, 0.29) is 37.1 Å². The van der Waals surface area contributed by atoms with E-state index in [1.165, 1.54) is 54.1 Å². The Kier molecular flexibility index (Phi) is 8.63. The molecule has 3 rings (SSSR count). The van der Waals surface area contributed by atoms with Crippen molar-refractivity contribution in [1.29, 1.82) is 0 Å². The van der Waals surface area contributed by atoms with E-state index in [1.54, 1.807) is 11.8 Å². The number of nitrogens with zero attached hydrogens (tertiary/aromatic N) is 2. The van der Waals surface area contributed by atoms with E-state index in [2.05, 4.69) is 10.3 Å². The first-order chi connectivity index (χ1) is 15.4. The summed E-state index contributed by atoms with van der Waals surface area (Å²) in [5.74, 6) is -0.352. The second-order valence-electron chi connectivity index (χ2n) is 6.69. The van der Waals surface area contributed by atoms with Gasteiger partial charge >= 0.3 is 0 Å². The number of aromatic nitrogens is 1. The Morgan fingerprint density at radius 2 is 1.75 bits per heavy atom. The maximum Gasteiger partial charge on any atom is 0.257 e. The summed E-state index contributed by atoms with van der Waals surface area (Å²) < 4.78 is 38.3. The molecule has 0 aliphatic rings. The third-order valence-corrected chi connectivity index (χ3v) is 8.28. The maximum absolute atomic E-state index is 13.0. The van der Waals surface area contributed by atoms with Crippen molar-refractivity contribution in [1.82, 2.24) is 9.29 Å². The predicted octanol–water partition coefficient (Wildman–Crippen LogP) is 3.55. The highest BCUT2D eigenvalue weighted by molar-refractivity contribution is 7.98. The van der Waals surface area contributed by atoms with Crippen molar-refractivity contribution in [2.45, 2.75) is 9.79 Å². The average Bonchev–Trinajstić information content (AvgIpc) is 3.21. The Morgan fingerprint density at radius 3 is 2.34 bits per heavy atom. The molecular formula is C21H25N3O5S3. The predicted molar refractivity (Wildman–Crippen MR) is 128 cm³/mol. The topological polar surface area (TPSA) is 97.8 Å². The molecule has 8 nitrogen and oxygen atoms in total. The number of ether oxygens (including phenoxy) is 2. The molecule has 32 heavy (non-hydrogen) atoms. The minimum absolute atomic E-state index is 0.103. The Balaban J connectivity index is 1.76. The monoisotopic (exact) mass is 495 g/mol. The second-order valence-corrected chi connectivity index (χ2v) is 10.5. The molecule has 1 amide bonds. The summed E-state index contributed by atoms with van der Waals surface area (Å²) in [6.07, 6.45) is 1.98. The zero-order chi connectivity index (χ0) is 23.1. The van der Waals surface area contributed by atoms with Crippen LogP contribution in [0.4, 0.5) is 5.13 Å². The molecule has 0 saturated heterocycles. The number of para-hydroxylation sites is 1. The van der Waals surface area contributed by atoms with Gasteiger partial charge in [0.15, 0.2) is 5.13 Å². The van der Waals surface area contributed by atoms with Crippen LogP contribution in [-0.4, -0.2) is 70.4 Å². The molecule has 3 aromatic rings. The van der Waals surface area contributed by atoms with Gasteiger partial charge in [0.05, 0.1) is 28.3 Å². The van der Waals surface area contributed by atoms with E-state index < -0.39 is 10.0 Å². The summed E-state index contributed by atoms with van der Waals surface area (Å²) in [5.41, 5.74) is 1.20. The van der Waals surface area contributed by atoms with Crippen molar-refractivity contribution in [2.24, 2.45) is 0 Å². The summed E-state index contributed by atoms with van der Waals surface area (Å²) in [6, 6.07) is 11.8. The molecule has 0 radical (unpaired) electrons. The van der Waals surface area contributed by atoms with E-state index in [1.807, 2.05) is 24.5 Å². The number of fused-ring (bicyclic) bond motifs is 1. The van der Waals surface area contributed by atoms with Gasteiger partial charge in [-0.05, 0) is 42.7 Å². The lowest BCUT2D eigenvalue weighted by molar-refractivity contribution is 0.102. The average molecular weight is 496 g/mol. The molecule has 2 aromatic carbocycles. The van der Waals surface area contributed by atoms with Gasteiger partial charge in [-0.25, -0.2) is 13.4 Å². The van der Waals surface area contributed by atoms with E-state index >= 15 is 0 Å². The van der Waals surface area contributed by atoms with Gasteiger partial charge in [-0.1, -0.05) is 17.4 Å². The largest absolute Gasteiger partial charge is 0.383 e. The number of thiazole rings is 1. The van der Waals surface area contributed by atoms with Gasteiger partial charge < -0.3 is 9.47 Å². The van der Waals surface area contributed by atoms with Crippen LogP contribution >= 0.6 is 23.1 Å². The number of hydrogen-bond acceptors (Lipinski definition) is 8. The first kappa shape index (κ1) is 24.6. The fourth-order valence-electron chi connectivity index (χ4n) is 2.98. The van der Waals surface area contributed by atoms with Crippen LogP contribution in [0.1, 0.15) is 10.4 Å². The van der Waals surface area contributed by atoms with Gasteiger partial charge in [0, 0.05) is 37.8 Å². The number of methoxy groups -OCH3 is 2. The highest BCUT2D eigenvalue weighted by Gasteiger charge is 2.24. The summed E-state index contributed by atoms with van der Waals surface area (Å²) in [7, 11) is -0.711. The Morgan fingerprint density at radius 1 is 1.09 bits per heavy atom. The van der Waals surface area contributed by atoms with Crippen LogP contribution in [0.5, 0.6) is 0 Å². The maximum atomic E-state index is 13.0. The zero-order valence-corrected chi connectivity index (χ0v) is 20.5. The molecule has 0 spiro atoms. The third kappa shape index (κ3) is 5.66. The van der Waals surface area contributed by atoms with Gasteiger partial charge in [-0.3, -0.25) is 10.1 Å². The number of hydrogen-bond donors (Lipinski definition) is 1. The number of anilines is 1. The zero-order valence-electron chi connectivity index (χ0n) is 18.0. The molecule has 1 N–H and O–H groups in total. The SMILES string of the molecule is COCCN(CCOC)S(=O)(=O)c1ccc(C(=O)Nc2nc3c(SC)cccc3s2)cc1. The Bertz CT molecular complexity index is 1160. The van der Waals surface area contributed by atoms with Crippen molar-refractivity contribution in [3.63, 3.8) is 0 Å². The fraction of sp³-hybridized carbons (Fsp3) is 0.333. The number of sulfonamides is 1. The molecule has 11 heteroatoms. The number of amides is 1. The number of thioether (sulfide) groups is 1. The molecule has 0 aliphatic carbocycles. The molecule has 172 valence electrons. The molecule has 0 unspecified atom stereocenters. The summed E-state index contributed by atoms with van der Waals surface area (Å²) in [5, 5.41) is 3.30. The van der Waals surface area contributed by atoms with Crippen LogP contribution in [-0.2, 0) is 19.5 Å². The van der Waals surface area contributed by atoms with Crippen LogP contribution in [0.3, 0.4) is 0 Å². The van der Waals surface area contributed by atoms with Crippen LogP contribution in [0.25, 0.3) is 10.2 Å². The molecule has 0 aliphatic heterocycles. The van der Waals surface area contributed by atoms with E-state index in [0.717, 1.165) is 15.1 Å². The molecule has 0 bridgehead atoms.